The number of hydrogen-bond donors (Lipinski definition) is 0. The second kappa shape index (κ2) is 3.90. The van der Waals surface area contributed by atoms with Crippen LogP contribution in [0.2, 0.25) is 0 Å². The van der Waals surface area contributed by atoms with Gasteiger partial charge in [0.1, 0.15) is 6.29 Å². The number of sulfonamides is 1. The first-order valence-corrected chi connectivity index (χ1v) is 6.69. The zero-order valence-electron chi connectivity index (χ0n) is 8.96. The summed E-state index contributed by atoms with van der Waals surface area (Å²) in [5.41, 5.74) is 1.07. The minimum atomic E-state index is -3.20. The molecular formula is C11H13NO3S. The lowest BCUT2D eigenvalue weighted by molar-refractivity contribution is 0.112. The second-order valence-corrected chi connectivity index (χ2v) is 6.07. The number of benzene rings is 1. The molecule has 0 spiro atoms. The number of rotatable bonds is 2. The smallest absolute Gasteiger partial charge is 0.235 e. The molecule has 1 heterocycles. The summed E-state index contributed by atoms with van der Waals surface area (Å²) in [5, 5.41) is 0. The van der Waals surface area contributed by atoms with Gasteiger partial charge in [-0.05, 0) is 18.1 Å². The van der Waals surface area contributed by atoms with Crippen LogP contribution in [0.3, 0.4) is 0 Å². The van der Waals surface area contributed by atoms with Crippen LogP contribution in [-0.2, 0) is 10.0 Å². The van der Waals surface area contributed by atoms with E-state index in [0.717, 1.165) is 6.29 Å². The average Bonchev–Trinajstić information content (AvgIpc) is 2.52. The molecule has 1 saturated heterocycles. The Hall–Kier alpha value is -1.36. The summed E-state index contributed by atoms with van der Waals surface area (Å²) >= 11 is 0. The maximum atomic E-state index is 11.8. The molecular weight excluding hydrogens is 226 g/mol. The van der Waals surface area contributed by atoms with Crippen LogP contribution in [0.1, 0.15) is 17.3 Å². The van der Waals surface area contributed by atoms with Gasteiger partial charge in [-0.15, -0.1) is 0 Å². The highest BCUT2D eigenvalue weighted by Gasteiger charge is 2.33. The van der Waals surface area contributed by atoms with Crippen molar-refractivity contribution in [3.8, 4) is 0 Å². The normalized spacial score (nSPS) is 23.3. The van der Waals surface area contributed by atoms with Crippen LogP contribution in [0.15, 0.2) is 24.3 Å². The first-order chi connectivity index (χ1) is 7.53. The molecule has 0 radical (unpaired) electrons. The van der Waals surface area contributed by atoms with Crippen LogP contribution in [0.4, 0.5) is 5.69 Å². The van der Waals surface area contributed by atoms with Gasteiger partial charge in [0.25, 0.3) is 0 Å². The van der Waals surface area contributed by atoms with E-state index in [4.69, 9.17) is 0 Å². The molecule has 86 valence electrons. The topological polar surface area (TPSA) is 54.5 Å². The fourth-order valence-corrected chi connectivity index (χ4v) is 3.84. The Kier molecular flexibility index (Phi) is 2.71. The lowest BCUT2D eigenvalue weighted by atomic mass is 10.2. The molecule has 1 aromatic carbocycles. The Morgan fingerprint density at radius 3 is 2.75 bits per heavy atom. The highest BCUT2D eigenvalue weighted by molar-refractivity contribution is 7.93. The molecule has 0 aliphatic carbocycles. The molecule has 0 N–H and O–H groups in total. The fraction of sp³-hybridized carbons (Fsp3) is 0.364. The second-order valence-electron chi connectivity index (χ2n) is 4.13. The van der Waals surface area contributed by atoms with Gasteiger partial charge >= 0.3 is 0 Å². The summed E-state index contributed by atoms with van der Waals surface area (Å²) in [7, 11) is -3.20. The third kappa shape index (κ3) is 1.95. The number of aldehydes is 1. The third-order valence-corrected chi connectivity index (χ3v) is 4.62. The highest BCUT2D eigenvalue weighted by Crippen LogP contribution is 2.26. The van der Waals surface area contributed by atoms with Gasteiger partial charge in [-0.1, -0.05) is 19.1 Å². The summed E-state index contributed by atoms with van der Waals surface area (Å²) < 4.78 is 25.0. The molecule has 1 aromatic rings. The molecule has 1 unspecified atom stereocenters. The molecule has 1 aliphatic rings. The molecule has 1 fully saturated rings. The number of carbonyl (C=O) groups excluding carboxylic acids is 1. The van der Waals surface area contributed by atoms with Crippen molar-refractivity contribution in [1.82, 2.24) is 0 Å². The average molecular weight is 239 g/mol. The van der Waals surface area contributed by atoms with Gasteiger partial charge in [0.2, 0.25) is 10.0 Å². The van der Waals surface area contributed by atoms with Gasteiger partial charge in [0, 0.05) is 12.1 Å². The van der Waals surface area contributed by atoms with E-state index in [-0.39, 0.29) is 11.7 Å². The molecule has 16 heavy (non-hydrogen) atoms. The molecule has 0 aromatic heterocycles. The Bertz CT molecular complexity index is 510. The van der Waals surface area contributed by atoms with Crippen molar-refractivity contribution in [1.29, 1.82) is 0 Å². The van der Waals surface area contributed by atoms with Crippen molar-refractivity contribution in [3.63, 3.8) is 0 Å². The molecule has 1 aliphatic heterocycles. The SMILES string of the molecule is CC1CN(c2cccc(C=O)c2)S(=O)(=O)C1. The van der Waals surface area contributed by atoms with E-state index in [9.17, 15) is 13.2 Å². The quantitative estimate of drug-likeness (QED) is 0.731. The zero-order chi connectivity index (χ0) is 11.8. The molecule has 0 bridgehead atoms. The Morgan fingerprint density at radius 2 is 2.19 bits per heavy atom. The number of carbonyl (C=O) groups is 1. The van der Waals surface area contributed by atoms with E-state index in [1.165, 1.54) is 4.31 Å². The fourth-order valence-electron chi connectivity index (χ4n) is 1.92. The van der Waals surface area contributed by atoms with E-state index in [1.54, 1.807) is 24.3 Å². The van der Waals surface area contributed by atoms with E-state index >= 15 is 0 Å². The minimum Gasteiger partial charge on any atom is -0.298 e. The Morgan fingerprint density at radius 1 is 1.44 bits per heavy atom. The molecule has 0 amide bonds. The van der Waals surface area contributed by atoms with Crippen molar-refractivity contribution in [3.05, 3.63) is 29.8 Å². The van der Waals surface area contributed by atoms with Crippen molar-refractivity contribution in [2.45, 2.75) is 6.92 Å². The summed E-state index contributed by atoms with van der Waals surface area (Å²) in [4.78, 5) is 10.6. The molecule has 5 heteroatoms. The van der Waals surface area contributed by atoms with Crippen molar-refractivity contribution in [2.75, 3.05) is 16.6 Å². The maximum absolute atomic E-state index is 11.8. The van der Waals surface area contributed by atoms with Crippen molar-refractivity contribution < 1.29 is 13.2 Å². The van der Waals surface area contributed by atoms with E-state index < -0.39 is 10.0 Å². The maximum Gasteiger partial charge on any atom is 0.235 e. The number of nitrogens with zero attached hydrogens (tertiary/aromatic N) is 1. The lowest BCUT2D eigenvalue weighted by Crippen LogP contribution is -2.25. The lowest BCUT2D eigenvalue weighted by Gasteiger charge is -2.17. The number of hydrogen-bond acceptors (Lipinski definition) is 3. The monoisotopic (exact) mass is 239 g/mol. The molecule has 4 nitrogen and oxygen atoms in total. The van der Waals surface area contributed by atoms with Gasteiger partial charge in [0.05, 0.1) is 11.4 Å². The van der Waals surface area contributed by atoms with Gasteiger partial charge < -0.3 is 0 Å². The van der Waals surface area contributed by atoms with E-state index in [0.29, 0.717) is 17.8 Å². The third-order valence-electron chi connectivity index (χ3n) is 2.60. The predicted octanol–water partition coefficient (Wildman–Crippen LogP) is 1.29. The van der Waals surface area contributed by atoms with Crippen LogP contribution >= 0.6 is 0 Å². The Labute approximate surface area is 94.9 Å². The van der Waals surface area contributed by atoms with Crippen LogP contribution in [0.25, 0.3) is 0 Å². The van der Waals surface area contributed by atoms with E-state index in [2.05, 4.69) is 0 Å². The summed E-state index contributed by atoms with van der Waals surface area (Å²) in [6, 6.07) is 6.66. The summed E-state index contributed by atoms with van der Waals surface area (Å²) in [6.07, 6.45) is 0.718. The Balaban J connectivity index is 2.41. The summed E-state index contributed by atoms with van der Waals surface area (Å²) in [5.74, 6) is 0.308. The van der Waals surface area contributed by atoms with Crippen molar-refractivity contribution >= 4 is 22.0 Å². The minimum absolute atomic E-state index is 0.130. The predicted molar refractivity (Wildman–Crippen MR) is 62.1 cm³/mol. The standard InChI is InChI=1S/C11H13NO3S/c1-9-6-12(16(14,15)8-9)11-4-2-3-10(5-11)7-13/h2-5,7,9H,6,8H2,1H3. The van der Waals surface area contributed by atoms with Gasteiger partial charge in [0.15, 0.2) is 0 Å². The van der Waals surface area contributed by atoms with Gasteiger partial charge in [-0.25, -0.2) is 8.42 Å². The van der Waals surface area contributed by atoms with Crippen LogP contribution < -0.4 is 4.31 Å². The van der Waals surface area contributed by atoms with E-state index in [1.807, 2.05) is 6.92 Å². The number of anilines is 1. The van der Waals surface area contributed by atoms with Crippen LogP contribution in [0.5, 0.6) is 0 Å². The van der Waals surface area contributed by atoms with Crippen LogP contribution in [-0.4, -0.2) is 27.0 Å². The first-order valence-electron chi connectivity index (χ1n) is 5.08. The zero-order valence-corrected chi connectivity index (χ0v) is 9.78. The van der Waals surface area contributed by atoms with Gasteiger partial charge in [-0.3, -0.25) is 9.10 Å². The molecule has 1 atom stereocenters. The first kappa shape index (κ1) is 11.1. The summed E-state index contributed by atoms with van der Waals surface area (Å²) in [6.45, 7) is 2.39. The molecule has 0 saturated carbocycles. The largest absolute Gasteiger partial charge is 0.298 e. The van der Waals surface area contributed by atoms with Gasteiger partial charge in [-0.2, -0.15) is 0 Å². The highest BCUT2D eigenvalue weighted by atomic mass is 32.2. The van der Waals surface area contributed by atoms with Crippen LogP contribution in [0, 0.1) is 5.92 Å². The molecule has 2 rings (SSSR count). The van der Waals surface area contributed by atoms with Crippen molar-refractivity contribution in [2.24, 2.45) is 5.92 Å².